The molecule has 2 N–H and O–H groups in total. The zero-order chi connectivity index (χ0) is 19.2. The van der Waals surface area contributed by atoms with Gasteiger partial charge < -0.3 is 10.6 Å². The highest BCUT2D eigenvalue weighted by Crippen LogP contribution is 2.61. The quantitative estimate of drug-likeness (QED) is 0.697. The second-order valence-electron chi connectivity index (χ2n) is 8.64. The first-order valence-electron chi connectivity index (χ1n) is 9.49. The van der Waals surface area contributed by atoms with Crippen LogP contribution in [0.2, 0.25) is 0 Å². The van der Waals surface area contributed by atoms with Crippen LogP contribution in [0.15, 0.2) is 24.3 Å². The number of hydrogen-bond acceptors (Lipinski definition) is 2. The molecule has 27 heavy (non-hydrogen) atoms. The summed E-state index contributed by atoms with van der Waals surface area (Å²) in [4.78, 5) is 12.5. The molecule has 1 amide bonds. The van der Waals surface area contributed by atoms with Gasteiger partial charge in [-0.15, -0.1) is 0 Å². The van der Waals surface area contributed by atoms with E-state index in [4.69, 9.17) is 12.2 Å². The Hall–Kier alpha value is -1.63. The van der Waals surface area contributed by atoms with E-state index in [-0.39, 0.29) is 22.1 Å². The lowest BCUT2D eigenvalue weighted by Gasteiger charge is -2.56. The molecule has 5 rings (SSSR count). The second-order valence-corrected chi connectivity index (χ2v) is 9.05. The third-order valence-electron chi connectivity index (χ3n) is 6.43. The Kier molecular flexibility index (Phi) is 4.69. The van der Waals surface area contributed by atoms with Gasteiger partial charge in [0.25, 0.3) is 0 Å². The Morgan fingerprint density at radius 3 is 2.19 bits per heavy atom. The highest BCUT2D eigenvalue weighted by Gasteiger charge is 2.51. The predicted molar refractivity (Wildman–Crippen MR) is 101 cm³/mol. The number of thiocarbonyl (C=S) groups is 1. The molecule has 0 saturated heterocycles. The van der Waals surface area contributed by atoms with E-state index in [9.17, 15) is 18.0 Å². The molecule has 0 heterocycles. The first-order valence-corrected chi connectivity index (χ1v) is 9.90. The molecule has 4 saturated carbocycles. The molecular weight excluding hydrogens is 373 g/mol. The lowest BCUT2D eigenvalue weighted by Crippen LogP contribution is -2.48. The number of rotatable bonds is 3. The van der Waals surface area contributed by atoms with E-state index >= 15 is 0 Å². The molecular formula is C20H23F3N2OS. The minimum atomic E-state index is -4.48. The molecule has 0 radical (unpaired) electrons. The fourth-order valence-electron chi connectivity index (χ4n) is 6.01. The van der Waals surface area contributed by atoms with Gasteiger partial charge in [0.1, 0.15) is 0 Å². The van der Waals surface area contributed by atoms with Crippen molar-refractivity contribution in [3.63, 3.8) is 0 Å². The number of carbonyl (C=O) groups excluding carboxylic acids is 1. The summed E-state index contributed by atoms with van der Waals surface area (Å²) in [5.74, 6) is 2.03. The molecule has 0 aromatic heterocycles. The van der Waals surface area contributed by atoms with Crippen molar-refractivity contribution >= 4 is 28.9 Å². The van der Waals surface area contributed by atoms with Crippen molar-refractivity contribution in [2.24, 2.45) is 23.2 Å². The standard InChI is InChI=1S/C20H23F3N2OS/c21-20(22,23)15-3-1-2-4-16(15)24-18(27)25-17(26)11-19-8-12-5-13(9-19)7-14(6-12)10-19/h1-4,12-14H,5-11H2,(H2,24,25,26,27). The van der Waals surface area contributed by atoms with Crippen molar-refractivity contribution < 1.29 is 18.0 Å². The second kappa shape index (κ2) is 6.76. The highest BCUT2D eigenvalue weighted by molar-refractivity contribution is 7.80. The van der Waals surface area contributed by atoms with Crippen LogP contribution >= 0.6 is 12.2 Å². The minimum Gasteiger partial charge on any atom is -0.332 e. The number of amides is 1. The maximum Gasteiger partial charge on any atom is 0.418 e. The number of alkyl halides is 3. The fourth-order valence-corrected chi connectivity index (χ4v) is 6.23. The minimum absolute atomic E-state index is 0.0678. The molecule has 4 aliphatic carbocycles. The SMILES string of the molecule is O=C(CC12CC3CC(CC(C3)C1)C2)NC(=S)Nc1ccccc1C(F)(F)F. The number of hydrogen-bond donors (Lipinski definition) is 2. The van der Waals surface area contributed by atoms with Gasteiger partial charge in [0.15, 0.2) is 5.11 Å². The van der Waals surface area contributed by atoms with E-state index in [2.05, 4.69) is 10.6 Å². The zero-order valence-electron chi connectivity index (χ0n) is 14.9. The van der Waals surface area contributed by atoms with Crippen LogP contribution in [0.25, 0.3) is 0 Å². The Morgan fingerprint density at radius 2 is 1.63 bits per heavy atom. The summed E-state index contributed by atoms with van der Waals surface area (Å²) in [7, 11) is 0. The topological polar surface area (TPSA) is 41.1 Å². The smallest absolute Gasteiger partial charge is 0.332 e. The van der Waals surface area contributed by atoms with Crippen molar-refractivity contribution in [1.82, 2.24) is 5.32 Å². The lowest BCUT2D eigenvalue weighted by molar-refractivity contribution is -0.137. The average molecular weight is 396 g/mol. The van der Waals surface area contributed by atoms with Gasteiger partial charge in [0, 0.05) is 6.42 Å². The van der Waals surface area contributed by atoms with Crippen LogP contribution in [0, 0.1) is 23.2 Å². The number of benzene rings is 1. The fraction of sp³-hybridized carbons (Fsp3) is 0.600. The number of nitrogens with one attached hydrogen (secondary N) is 2. The van der Waals surface area contributed by atoms with E-state index < -0.39 is 11.7 Å². The van der Waals surface area contributed by atoms with E-state index in [0.717, 1.165) is 43.1 Å². The summed E-state index contributed by atoms with van der Waals surface area (Å²) < 4.78 is 39.2. The van der Waals surface area contributed by atoms with E-state index in [1.165, 1.54) is 37.5 Å². The summed E-state index contributed by atoms with van der Waals surface area (Å²) in [5, 5.41) is 5.05. The molecule has 0 atom stereocenters. The van der Waals surface area contributed by atoms with Crippen LogP contribution in [0.4, 0.5) is 18.9 Å². The van der Waals surface area contributed by atoms with Crippen LogP contribution in [0.1, 0.15) is 50.5 Å². The van der Waals surface area contributed by atoms with Gasteiger partial charge >= 0.3 is 6.18 Å². The van der Waals surface area contributed by atoms with Gasteiger partial charge in [0.2, 0.25) is 5.91 Å². The molecule has 4 aliphatic rings. The Bertz CT molecular complexity index is 727. The van der Waals surface area contributed by atoms with Crippen molar-refractivity contribution in [2.75, 3.05) is 5.32 Å². The normalized spacial score (nSPS) is 31.6. The van der Waals surface area contributed by atoms with Gasteiger partial charge in [-0.25, -0.2) is 0 Å². The van der Waals surface area contributed by atoms with E-state index in [0.29, 0.717) is 6.42 Å². The molecule has 7 heteroatoms. The van der Waals surface area contributed by atoms with Crippen LogP contribution < -0.4 is 10.6 Å². The molecule has 1 aromatic carbocycles. The first-order chi connectivity index (χ1) is 12.7. The first kappa shape index (κ1) is 18.7. The van der Waals surface area contributed by atoms with Gasteiger partial charge in [0.05, 0.1) is 11.3 Å². The van der Waals surface area contributed by atoms with Crippen molar-refractivity contribution in [2.45, 2.75) is 51.1 Å². The molecule has 4 bridgehead atoms. The zero-order valence-corrected chi connectivity index (χ0v) is 15.8. The summed E-state index contributed by atoms with van der Waals surface area (Å²) in [6.07, 6.45) is 3.14. The number of para-hydroxylation sites is 1. The van der Waals surface area contributed by atoms with Crippen molar-refractivity contribution in [3.8, 4) is 0 Å². The van der Waals surface area contributed by atoms with Gasteiger partial charge in [-0.1, -0.05) is 12.1 Å². The molecule has 3 nitrogen and oxygen atoms in total. The van der Waals surface area contributed by atoms with Gasteiger partial charge in [-0.3, -0.25) is 4.79 Å². The summed E-state index contributed by atoms with van der Waals surface area (Å²) >= 11 is 5.09. The molecule has 0 unspecified atom stereocenters. The summed E-state index contributed by atoms with van der Waals surface area (Å²) in [6, 6.07) is 5.11. The largest absolute Gasteiger partial charge is 0.418 e. The van der Waals surface area contributed by atoms with E-state index in [1.807, 2.05) is 0 Å². The number of anilines is 1. The number of halogens is 3. The average Bonchev–Trinajstić information content (AvgIpc) is 2.52. The molecule has 4 fully saturated rings. The van der Waals surface area contributed by atoms with Crippen LogP contribution in [0.3, 0.4) is 0 Å². The molecule has 146 valence electrons. The predicted octanol–water partition coefficient (Wildman–Crippen LogP) is 5.12. The van der Waals surface area contributed by atoms with Crippen LogP contribution in [-0.2, 0) is 11.0 Å². The highest BCUT2D eigenvalue weighted by atomic mass is 32.1. The summed E-state index contributed by atoms with van der Waals surface area (Å²) in [6.45, 7) is 0. The lowest BCUT2D eigenvalue weighted by atomic mass is 9.49. The number of carbonyl (C=O) groups is 1. The summed E-state index contributed by atoms with van der Waals surface area (Å²) in [5.41, 5.74) is -0.883. The third-order valence-corrected chi connectivity index (χ3v) is 6.64. The van der Waals surface area contributed by atoms with Gasteiger partial charge in [-0.2, -0.15) is 13.2 Å². The Balaban J connectivity index is 1.37. The van der Waals surface area contributed by atoms with Crippen LogP contribution in [-0.4, -0.2) is 11.0 Å². The van der Waals surface area contributed by atoms with Crippen molar-refractivity contribution in [3.05, 3.63) is 29.8 Å². The molecule has 1 aromatic rings. The Morgan fingerprint density at radius 1 is 1.07 bits per heavy atom. The molecule has 0 aliphatic heterocycles. The van der Waals surface area contributed by atoms with Crippen molar-refractivity contribution in [1.29, 1.82) is 0 Å². The Labute approximate surface area is 162 Å². The van der Waals surface area contributed by atoms with Gasteiger partial charge in [-0.05, 0) is 86.0 Å². The maximum atomic E-state index is 13.1. The third kappa shape index (κ3) is 3.98. The monoisotopic (exact) mass is 396 g/mol. The van der Waals surface area contributed by atoms with E-state index in [1.54, 1.807) is 0 Å². The maximum absolute atomic E-state index is 13.1. The molecule has 0 spiro atoms. The van der Waals surface area contributed by atoms with Crippen LogP contribution in [0.5, 0.6) is 0 Å².